The monoisotopic (exact) mass is 397 g/mol. The van der Waals surface area contributed by atoms with E-state index in [9.17, 15) is 9.59 Å². The van der Waals surface area contributed by atoms with Crippen LogP contribution in [0.1, 0.15) is 29.3 Å². The third-order valence-electron chi connectivity index (χ3n) is 4.99. The fourth-order valence-corrected chi connectivity index (χ4v) is 3.34. The maximum absolute atomic E-state index is 12.8. The molecule has 1 fully saturated rings. The van der Waals surface area contributed by atoms with Crippen LogP contribution >= 0.6 is 0 Å². The maximum Gasteiger partial charge on any atom is 0.259 e. The highest BCUT2D eigenvalue weighted by Crippen LogP contribution is 2.18. The number of benzene rings is 1. The molecule has 0 aliphatic carbocycles. The third kappa shape index (κ3) is 5.25. The van der Waals surface area contributed by atoms with Gasteiger partial charge in [-0.2, -0.15) is 0 Å². The Morgan fingerprint density at radius 2 is 1.72 bits per heavy atom. The molecule has 0 saturated carbocycles. The fraction of sp³-hybridized carbons (Fsp3) is 0.409. The Morgan fingerprint density at radius 1 is 1.03 bits per heavy atom. The van der Waals surface area contributed by atoms with E-state index in [1.165, 1.54) is 0 Å². The lowest BCUT2D eigenvalue weighted by atomic mass is 10.1. The van der Waals surface area contributed by atoms with Crippen LogP contribution in [0.5, 0.6) is 11.6 Å². The van der Waals surface area contributed by atoms with Crippen LogP contribution in [0, 0.1) is 0 Å². The molecule has 0 spiro atoms. The van der Waals surface area contributed by atoms with Gasteiger partial charge in [-0.05, 0) is 43.2 Å². The van der Waals surface area contributed by atoms with Gasteiger partial charge in [0.05, 0.1) is 13.7 Å². The van der Waals surface area contributed by atoms with Crippen LogP contribution < -0.4 is 9.47 Å². The van der Waals surface area contributed by atoms with E-state index in [0.29, 0.717) is 57.1 Å². The van der Waals surface area contributed by atoms with Crippen molar-refractivity contribution in [2.24, 2.45) is 0 Å². The first-order valence-electron chi connectivity index (χ1n) is 9.90. The first-order chi connectivity index (χ1) is 14.1. The standard InChI is InChI=1S/C22H27N3O4/c1-3-29-21-19(5-4-12-23-21)22(27)25-15-13-24(14-16-25)20(26)11-8-17-6-9-18(28-2)10-7-17/h4-7,9-10,12H,3,8,11,13-16H2,1-2H3. The molecule has 1 saturated heterocycles. The molecule has 2 amide bonds. The second kappa shape index (κ2) is 9.91. The highest BCUT2D eigenvalue weighted by Gasteiger charge is 2.26. The van der Waals surface area contributed by atoms with Gasteiger partial charge in [0.1, 0.15) is 11.3 Å². The van der Waals surface area contributed by atoms with Gasteiger partial charge in [0, 0.05) is 38.8 Å². The van der Waals surface area contributed by atoms with E-state index in [0.717, 1.165) is 11.3 Å². The Morgan fingerprint density at radius 3 is 2.38 bits per heavy atom. The molecular formula is C22H27N3O4. The molecule has 29 heavy (non-hydrogen) atoms. The summed E-state index contributed by atoms with van der Waals surface area (Å²) in [5, 5.41) is 0. The smallest absolute Gasteiger partial charge is 0.259 e. The van der Waals surface area contributed by atoms with Gasteiger partial charge in [0.2, 0.25) is 11.8 Å². The van der Waals surface area contributed by atoms with Crippen molar-refractivity contribution in [2.75, 3.05) is 39.9 Å². The van der Waals surface area contributed by atoms with E-state index in [-0.39, 0.29) is 11.8 Å². The molecule has 2 heterocycles. The zero-order chi connectivity index (χ0) is 20.6. The third-order valence-corrected chi connectivity index (χ3v) is 4.99. The molecule has 154 valence electrons. The summed E-state index contributed by atoms with van der Waals surface area (Å²) in [6.07, 6.45) is 2.76. The normalized spacial score (nSPS) is 13.9. The molecule has 0 unspecified atom stereocenters. The molecule has 0 bridgehead atoms. The van der Waals surface area contributed by atoms with Crippen LogP contribution in [-0.2, 0) is 11.2 Å². The minimum Gasteiger partial charge on any atom is -0.497 e. The van der Waals surface area contributed by atoms with Crippen molar-refractivity contribution in [3.8, 4) is 11.6 Å². The number of aryl methyl sites for hydroxylation is 1. The van der Waals surface area contributed by atoms with E-state index >= 15 is 0 Å². The lowest BCUT2D eigenvalue weighted by Crippen LogP contribution is -2.50. The highest BCUT2D eigenvalue weighted by molar-refractivity contribution is 5.96. The Hall–Kier alpha value is -3.09. The van der Waals surface area contributed by atoms with Gasteiger partial charge in [-0.25, -0.2) is 4.98 Å². The molecule has 3 rings (SSSR count). The van der Waals surface area contributed by atoms with E-state index in [4.69, 9.17) is 9.47 Å². The van der Waals surface area contributed by atoms with Crippen molar-refractivity contribution in [1.82, 2.24) is 14.8 Å². The van der Waals surface area contributed by atoms with E-state index in [1.807, 2.05) is 36.1 Å². The largest absolute Gasteiger partial charge is 0.497 e. The van der Waals surface area contributed by atoms with Crippen molar-refractivity contribution in [2.45, 2.75) is 19.8 Å². The average Bonchev–Trinajstić information content (AvgIpc) is 2.78. The average molecular weight is 397 g/mol. The van der Waals surface area contributed by atoms with Gasteiger partial charge >= 0.3 is 0 Å². The van der Waals surface area contributed by atoms with Gasteiger partial charge in [0.25, 0.3) is 5.91 Å². The van der Waals surface area contributed by atoms with Crippen molar-refractivity contribution in [1.29, 1.82) is 0 Å². The molecule has 1 aliphatic rings. The summed E-state index contributed by atoms with van der Waals surface area (Å²) >= 11 is 0. The van der Waals surface area contributed by atoms with Gasteiger partial charge in [-0.3, -0.25) is 9.59 Å². The fourth-order valence-electron chi connectivity index (χ4n) is 3.34. The summed E-state index contributed by atoms with van der Waals surface area (Å²) in [7, 11) is 1.63. The molecule has 1 aromatic carbocycles. The minimum atomic E-state index is -0.105. The summed E-state index contributed by atoms with van der Waals surface area (Å²) in [5.41, 5.74) is 1.57. The molecule has 0 N–H and O–H groups in total. The Bertz CT molecular complexity index is 830. The number of methoxy groups -OCH3 is 1. The van der Waals surface area contributed by atoms with Gasteiger partial charge in [0.15, 0.2) is 0 Å². The zero-order valence-electron chi connectivity index (χ0n) is 17.0. The molecular weight excluding hydrogens is 370 g/mol. The Labute approximate surface area is 171 Å². The summed E-state index contributed by atoms with van der Waals surface area (Å²) in [5.74, 6) is 1.18. The number of hydrogen-bond donors (Lipinski definition) is 0. The molecule has 1 aromatic heterocycles. The van der Waals surface area contributed by atoms with Gasteiger partial charge < -0.3 is 19.3 Å². The van der Waals surface area contributed by atoms with Gasteiger partial charge in [-0.1, -0.05) is 12.1 Å². The number of nitrogens with zero attached hydrogens (tertiary/aromatic N) is 3. The summed E-state index contributed by atoms with van der Waals surface area (Å²) < 4.78 is 10.6. The number of carbonyl (C=O) groups excluding carboxylic acids is 2. The number of ether oxygens (including phenoxy) is 2. The first kappa shape index (κ1) is 20.6. The molecule has 0 radical (unpaired) electrons. The molecule has 2 aromatic rings. The van der Waals surface area contributed by atoms with E-state index < -0.39 is 0 Å². The number of hydrogen-bond acceptors (Lipinski definition) is 5. The number of amides is 2. The quantitative estimate of drug-likeness (QED) is 0.717. The Balaban J connectivity index is 1.50. The second-order valence-electron chi connectivity index (χ2n) is 6.81. The topological polar surface area (TPSA) is 72.0 Å². The van der Waals surface area contributed by atoms with Crippen LogP contribution in [0.3, 0.4) is 0 Å². The summed E-state index contributed by atoms with van der Waals surface area (Å²) in [6, 6.07) is 11.2. The van der Waals surface area contributed by atoms with Crippen molar-refractivity contribution in [3.05, 3.63) is 53.7 Å². The SMILES string of the molecule is CCOc1ncccc1C(=O)N1CCN(C(=O)CCc2ccc(OC)cc2)CC1. The summed E-state index contributed by atoms with van der Waals surface area (Å²) in [4.78, 5) is 33.1. The van der Waals surface area contributed by atoms with E-state index in [2.05, 4.69) is 4.98 Å². The van der Waals surface area contributed by atoms with Crippen LogP contribution in [0.4, 0.5) is 0 Å². The lowest BCUT2D eigenvalue weighted by molar-refractivity contribution is -0.132. The van der Waals surface area contributed by atoms with Crippen LogP contribution in [0.25, 0.3) is 0 Å². The van der Waals surface area contributed by atoms with Crippen LogP contribution in [0.2, 0.25) is 0 Å². The van der Waals surface area contributed by atoms with Gasteiger partial charge in [-0.15, -0.1) is 0 Å². The number of aromatic nitrogens is 1. The number of pyridine rings is 1. The van der Waals surface area contributed by atoms with Crippen LogP contribution in [0.15, 0.2) is 42.6 Å². The summed E-state index contributed by atoms with van der Waals surface area (Å²) in [6.45, 7) is 4.41. The predicted molar refractivity (Wildman–Crippen MR) is 109 cm³/mol. The zero-order valence-corrected chi connectivity index (χ0v) is 17.0. The highest BCUT2D eigenvalue weighted by atomic mass is 16.5. The maximum atomic E-state index is 12.8. The van der Waals surface area contributed by atoms with E-state index in [1.54, 1.807) is 30.3 Å². The number of piperazine rings is 1. The number of carbonyl (C=O) groups is 2. The van der Waals surface area contributed by atoms with Crippen LogP contribution in [-0.4, -0.2) is 66.5 Å². The lowest BCUT2D eigenvalue weighted by Gasteiger charge is -2.35. The molecule has 7 heteroatoms. The molecule has 7 nitrogen and oxygen atoms in total. The predicted octanol–water partition coefficient (Wildman–Crippen LogP) is 2.41. The van der Waals surface area contributed by atoms with Crippen molar-refractivity contribution in [3.63, 3.8) is 0 Å². The molecule has 0 atom stereocenters. The number of rotatable bonds is 7. The van der Waals surface area contributed by atoms with Crippen molar-refractivity contribution >= 4 is 11.8 Å². The Kier molecular flexibility index (Phi) is 7.05. The van der Waals surface area contributed by atoms with Crippen molar-refractivity contribution < 1.29 is 19.1 Å². The second-order valence-corrected chi connectivity index (χ2v) is 6.81. The minimum absolute atomic E-state index is 0.105. The first-order valence-corrected chi connectivity index (χ1v) is 9.90. The molecule has 1 aliphatic heterocycles.